The predicted molar refractivity (Wildman–Crippen MR) is 108 cm³/mol. The highest BCUT2D eigenvalue weighted by Crippen LogP contribution is 2.26. The Kier molecular flexibility index (Phi) is 5.61. The maximum Gasteiger partial charge on any atom is 0.174 e. The van der Waals surface area contributed by atoms with E-state index in [1.165, 1.54) is 0 Å². The van der Waals surface area contributed by atoms with E-state index in [4.69, 9.17) is 35.4 Å². The summed E-state index contributed by atoms with van der Waals surface area (Å²) in [5.74, 6) is 1.55. The first-order valence-corrected chi connectivity index (χ1v) is 9.16. The first kappa shape index (κ1) is 18.2. The van der Waals surface area contributed by atoms with Gasteiger partial charge in [-0.15, -0.1) is 0 Å². The van der Waals surface area contributed by atoms with Crippen LogP contribution in [0.1, 0.15) is 11.3 Å². The van der Waals surface area contributed by atoms with E-state index in [2.05, 4.69) is 25.1 Å². The quantitative estimate of drug-likeness (QED) is 0.777. The Balaban J connectivity index is 1.60. The highest BCUT2D eigenvalue weighted by Gasteiger charge is 2.21. The largest absolute Gasteiger partial charge is 0.352 e. The summed E-state index contributed by atoms with van der Waals surface area (Å²) in [5.41, 5.74) is 2.13. The number of piperazine rings is 1. The molecular weight excluding hydrogens is 377 g/mol. The minimum absolute atomic E-state index is 0.540. The summed E-state index contributed by atoms with van der Waals surface area (Å²) in [4.78, 5) is 13.1. The van der Waals surface area contributed by atoms with E-state index < -0.39 is 0 Å². The lowest BCUT2D eigenvalue weighted by atomic mass is 10.2. The normalized spacial score (nSPS) is 14.6. The van der Waals surface area contributed by atoms with Crippen LogP contribution in [0.5, 0.6) is 0 Å². The summed E-state index contributed by atoms with van der Waals surface area (Å²) in [6.07, 6.45) is 1.62. The van der Waals surface area contributed by atoms with Crippen molar-refractivity contribution < 1.29 is 0 Å². The van der Waals surface area contributed by atoms with Crippen molar-refractivity contribution in [3.63, 3.8) is 0 Å². The molecule has 0 unspecified atom stereocenters. The van der Waals surface area contributed by atoms with E-state index >= 15 is 0 Å². The fraction of sp³-hybridized carbons (Fsp3) is 0.353. The molecule has 1 N–H and O–H groups in total. The van der Waals surface area contributed by atoms with Gasteiger partial charge in [-0.3, -0.25) is 0 Å². The molecule has 0 saturated carbocycles. The number of anilines is 2. The van der Waals surface area contributed by atoms with Crippen molar-refractivity contribution in [1.82, 2.24) is 14.9 Å². The van der Waals surface area contributed by atoms with Gasteiger partial charge in [-0.05, 0) is 49.8 Å². The van der Waals surface area contributed by atoms with Crippen molar-refractivity contribution >= 4 is 52.2 Å². The van der Waals surface area contributed by atoms with Crippen LogP contribution in [0.2, 0.25) is 10.0 Å². The summed E-state index contributed by atoms with van der Waals surface area (Å²) < 4.78 is 0. The zero-order chi connectivity index (χ0) is 18.0. The van der Waals surface area contributed by atoms with Gasteiger partial charge in [0.2, 0.25) is 0 Å². The summed E-state index contributed by atoms with van der Waals surface area (Å²) in [7, 11) is 0. The lowest BCUT2D eigenvalue weighted by molar-refractivity contribution is 0.389. The molecule has 1 saturated heterocycles. The van der Waals surface area contributed by atoms with Gasteiger partial charge < -0.3 is 15.1 Å². The third-order valence-corrected chi connectivity index (χ3v) is 4.83. The van der Waals surface area contributed by atoms with Crippen molar-refractivity contribution in [2.45, 2.75) is 13.8 Å². The average Bonchev–Trinajstić information content (AvgIpc) is 2.54. The number of hydrogen-bond donors (Lipinski definition) is 1. The first-order chi connectivity index (χ1) is 11.9. The molecule has 0 aliphatic carbocycles. The van der Waals surface area contributed by atoms with E-state index in [0.717, 1.165) is 49.1 Å². The molecule has 1 aliphatic rings. The standard InChI is InChI=1S/C17H19Cl2N5S/c1-11-7-12(2)21-15(8-11)22-17(25)24-5-3-23(4-6-24)16-14(19)9-13(18)10-20-16/h7-10H,3-6H2,1-2H3,(H,21,22,25). The van der Waals surface area contributed by atoms with E-state index in [-0.39, 0.29) is 0 Å². The van der Waals surface area contributed by atoms with Crippen molar-refractivity contribution in [3.05, 3.63) is 45.7 Å². The van der Waals surface area contributed by atoms with Crippen LogP contribution in [0.15, 0.2) is 24.4 Å². The maximum atomic E-state index is 6.25. The Labute approximate surface area is 163 Å². The molecule has 5 nitrogen and oxygen atoms in total. The zero-order valence-electron chi connectivity index (χ0n) is 14.1. The lowest BCUT2D eigenvalue weighted by Gasteiger charge is -2.37. The number of nitrogens with one attached hydrogen (secondary N) is 1. The molecule has 0 aromatic carbocycles. The number of hydrogen-bond acceptors (Lipinski definition) is 4. The van der Waals surface area contributed by atoms with Crippen molar-refractivity contribution in [1.29, 1.82) is 0 Å². The zero-order valence-corrected chi connectivity index (χ0v) is 16.4. The van der Waals surface area contributed by atoms with Crippen LogP contribution in [0.3, 0.4) is 0 Å². The second-order valence-corrected chi connectivity index (χ2v) is 7.26. The first-order valence-electron chi connectivity index (χ1n) is 7.99. The highest BCUT2D eigenvalue weighted by molar-refractivity contribution is 7.80. The molecule has 0 bridgehead atoms. The third kappa shape index (κ3) is 4.51. The number of aromatic nitrogens is 2. The van der Waals surface area contributed by atoms with Crippen LogP contribution in [0.25, 0.3) is 0 Å². The minimum Gasteiger partial charge on any atom is -0.352 e. The van der Waals surface area contributed by atoms with Gasteiger partial charge >= 0.3 is 0 Å². The molecule has 0 atom stereocenters. The van der Waals surface area contributed by atoms with Gasteiger partial charge in [-0.2, -0.15) is 0 Å². The summed E-state index contributed by atoms with van der Waals surface area (Å²) >= 11 is 17.7. The van der Waals surface area contributed by atoms with Gasteiger partial charge in [0.15, 0.2) is 5.11 Å². The molecule has 2 aromatic heterocycles. The van der Waals surface area contributed by atoms with Gasteiger partial charge in [0.05, 0.1) is 10.0 Å². The van der Waals surface area contributed by atoms with Gasteiger partial charge in [0, 0.05) is 38.1 Å². The molecule has 3 rings (SSSR count). The van der Waals surface area contributed by atoms with Gasteiger partial charge in [-0.25, -0.2) is 9.97 Å². The Morgan fingerprint density at radius 3 is 2.48 bits per heavy atom. The molecule has 1 aliphatic heterocycles. The SMILES string of the molecule is Cc1cc(C)nc(NC(=S)N2CCN(c3ncc(Cl)cc3Cl)CC2)c1. The number of rotatable bonds is 2. The molecule has 0 radical (unpaired) electrons. The second-order valence-electron chi connectivity index (χ2n) is 6.03. The smallest absolute Gasteiger partial charge is 0.174 e. The topological polar surface area (TPSA) is 44.3 Å². The molecule has 8 heteroatoms. The fourth-order valence-electron chi connectivity index (χ4n) is 2.86. The Hall–Kier alpha value is -1.63. The van der Waals surface area contributed by atoms with E-state index in [0.29, 0.717) is 15.2 Å². The number of thiocarbonyl (C=S) groups is 1. The van der Waals surface area contributed by atoms with Crippen LogP contribution in [0.4, 0.5) is 11.6 Å². The number of pyridine rings is 2. The minimum atomic E-state index is 0.540. The Morgan fingerprint density at radius 2 is 1.84 bits per heavy atom. The molecule has 0 spiro atoms. The van der Waals surface area contributed by atoms with E-state index in [1.54, 1.807) is 12.3 Å². The second kappa shape index (κ2) is 7.72. The molecule has 0 amide bonds. The van der Waals surface area contributed by atoms with Crippen molar-refractivity contribution in [3.8, 4) is 0 Å². The van der Waals surface area contributed by atoms with Crippen LogP contribution >= 0.6 is 35.4 Å². The molecule has 3 heterocycles. The van der Waals surface area contributed by atoms with Gasteiger partial charge in [0.1, 0.15) is 11.6 Å². The highest BCUT2D eigenvalue weighted by atomic mass is 35.5. The summed E-state index contributed by atoms with van der Waals surface area (Å²) in [6.45, 7) is 7.18. The van der Waals surface area contributed by atoms with Crippen molar-refractivity contribution in [2.75, 3.05) is 36.4 Å². The lowest BCUT2D eigenvalue weighted by Crippen LogP contribution is -2.50. The monoisotopic (exact) mass is 395 g/mol. The fourth-order valence-corrected chi connectivity index (χ4v) is 3.64. The van der Waals surface area contributed by atoms with Gasteiger partial charge in [0.25, 0.3) is 0 Å². The van der Waals surface area contributed by atoms with Crippen molar-refractivity contribution in [2.24, 2.45) is 0 Å². The Bertz CT molecular complexity index is 770. The van der Waals surface area contributed by atoms with Crippen LogP contribution in [0, 0.1) is 13.8 Å². The summed E-state index contributed by atoms with van der Waals surface area (Å²) in [6, 6.07) is 5.75. The van der Waals surface area contributed by atoms with E-state index in [1.807, 2.05) is 26.0 Å². The molecule has 1 fully saturated rings. The number of halogens is 2. The third-order valence-electron chi connectivity index (χ3n) is 3.99. The average molecular weight is 396 g/mol. The van der Waals surface area contributed by atoms with Gasteiger partial charge in [-0.1, -0.05) is 23.2 Å². The van der Waals surface area contributed by atoms with Crippen LogP contribution in [-0.4, -0.2) is 46.2 Å². The maximum absolute atomic E-state index is 6.25. The molecular formula is C17H19Cl2N5S. The molecule has 132 valence electrons. The van der Waals surface area contributed by atoms with Crippen LogP contribution < -0.4 is 10.2 Å². The number of nitrogens with zero attached hydrogens (tertiary/aromatic N) is 4. The summed E-state index contributed by atoms with van der Waals surface area (Å²) in [5, 5.41) is 5.03. The number of aryl methyl sites for hydroxylation is 2. The Morgan fingerprint density at radius 1 is 1.12 bits per heavy atom. The predicted octanol–water partition coefficient (Wildman–Crippen LogP) is 3.92. The van der Waals surface area contributed by atoms with Crippen LogP contribution in [-0.2, 0) is 0 Å². The molecule has 2 aromatic rings. The molecule has 25 heavy (non-hydrogen) atoms. The van der Waals surface area contributed by atoms with E-state index in [9.17, 15) is 0 Å².